The minimum Gasteiger partial charge on any atom is -0.497 e. The molecule has 0 bridgehead atoms. The van der Waals surface area contributed by atoms with E-state index in [-0.39, 0.29) is 0 Å². The van der Waals surface area contributed by atoms with Gasteiger partial charge in [0.05, 0.1) is 13.2 Å². The van der Waals surface area contributed by atoms with Crippen LogP contribution in [0.25, 0.3) is 0 Å². The van der Waals surface area contributed by atoms with Gasteiger partial charge in [-0.3, -0.25) is 0 Å². The molecule has 0 aliphatic rings. The first-order valence-corrected chi connectivity index (χ1v) is 4.40. The maximum Gasteiger partial charge on any atom is 0.150 e. The summed E-state index contributed by atoms with van der Waals surface area (Å²) in [5.74, 6) is 0.752. The molecule has 0 heterocycles. The molecule has 4 heteroatoms. The number of aliphatic hydroxyl groups is 2. The van der Waals surface area contributed by atoms with E-state index < -0.39 is 12.3 Å². The summed E-state index contributed by atoms with van der Waals surface area (Å²) in [5.41, 5.74) is 0.735. The number of ether oxygens (including phenoxy) is 1. The van der Waals surface area contributed by atoms with Crippen LogP contribution >= 0.6 is 0 Å². The molecule has 2 atom stereocenters. The quantitative estimate of drug-likeness (QED) is 0.625. The normalized spacial score (nSPS) is 14.6. The van der Waals surface area contributed by atoms with Crippen molar-refractivity contribution in [3.8, 4) is 5.75 Å². The SMILES string of the molecule is COc1ccc(NC(O)C(C)O)cc1. The summed E-state index contributed by atoms with van der Waals surface area (Å²) in [4.78, 5) is 0. The number of methoxy groups -OCH3 is 1. The Bertz CT molecular complexity index is 271. The Hall–Kier alpha value is -1.26. The minimum absolute atomic E-state index is 0.735. The zero-order valence-corrected chi connectivity index (χ0v) is 8.27. The van der Waals surface area contributed by atoms with E-state index in [1.165, 1.54) is 6.92 Å². The molecule has 0 saturated heterocycles. The van der Waals surface area contributed by atoms with Crippen molar-refractivity contribution < 1.29 is 14.9 Å². The van der Waals surface area contributed by atoms with Gasteiger partial charge in [0, 0.05) is 5.69 Å². The summed E-state index contributed by atoms with van der Waals surface area (Å²) in [7, 11) is 1.59. The van der Waals surface area contributed by atoms with Crippen molar-refractivity contribution >= 4 is 5.69 Å². The number of anilines is 1. The summed E-state index contributed by atoms with van der Waals surface area (Å²) in [6, 6.07) is 7.09. The lowest BCUT2D eigenvalue weighted by Gasteiger charge is -2.16. The molecule has 1 rings (SSSR count). The number of nitrogens with one attached hydrogen (secondary N) is 1. The third-order valence-corrected chi connectivity index (χ3v) is 1.86. The molecule has 0 spiro atoms. The fourth-order valence-electron chi connectivity index (χ4n) is 0.979. The van der Waals surface area contributed by atoms with Crippen LogP contribution in [0.2, 0.25) is 0 Å². The molecule has 0 radical (unpaired) electrons. The second kappa shape index (κ2) is 4.83. The number of hydrogen-bond donors (Lipinski definition) is 3. The number of aliphatic hydroxyl groups excluding tert-OH is 2. The van der Waals surface area contributed by atoms with Gasteiger partial charge < -0.3 is 20.3 Å². The number of benzene rings is 1. The second-order valence-electron chi connectivity index (χ2n) is 3.06. The predicted octanol–water partition coefficient (Wildman–Crippen LogP) is 0.806. The molecule has 0 saturated carbocycles. The number of rotatable bonds is 4. The first-order chi connectivity index (χ1) is 6.63. The Kier molecular flexibility index (Phi) is 3.73. The van der Waals surface area contributed by atoms with Crippen molar-refractivity contribution in [3.05, 3.63) is 24.3 Å². The summed E-state index contributed by atoms with van der Waals surface area (Å²) in [5, 5.41) is 21.1. The monoisotopic (exact) mass is 197 g/mol. The highest BCUT2D eigenvalue weighted by molar-refractivity contribution is 5.46. The van der Waals surface area contributed by atoms with Gasteiger partial charge in [0.25, 0.3) is 0 Å². The zero-order valence-electron chi connectivity index (χ0n) is 8.27. The van der Waals surface area contributed by atoms with Gasteiger partial charge in [0.2, 0.25) is 0 Å². The van der Waals surface area contributed by atoms with Crippen molar-refractivity contribution in [2.75, 3.05) is 12.4 Å². The first kappa shape index (κ1) is 10.8. The molecule has 4 nitrogen and oxygen atoms in total. The van der Waals surface area contributed by atoms with E-state index in [4.69, 9.17) is 9.84 Å². The van der Waals surface area contributed by atoms with Gasteiger partial charge in [0.15, 0.2) is 0 Å². The lowest BCUT2D eigenvalue weighted by atomic mass is 10.2. The lowest BCUT2D eigenvalue weighted by molar-refractivity contribution is 0.0497. The van der Waals surface area contributed by atoms with E-state index in [1.54, 1.807) is 31.4 Å². The molecular formula is C10H15NO3. The third-order valence-electron chi connectivity index (χ3n) is 1.86. The van der Waals surface area contributed by atoms with Crippen molar-refractivity contribution in [2.45, 2.75) is 19.3 Å². The van der Waals surface area contributed by atoms with Gasteiger partial charge in [-0.05, 0) is 31.2 Å². The second-order valence-corrected chi connectivity index (χ2v) is 3.06. The molecule has 78 valence electrons. The van der Waals surface area contributed by atoms with Crippen LogP contribution in [0, 0.1) is 0 Å². The molecule has 1 aromatic carbocycles. The Morgan fingerprint density at radius 2 is 1.79 bits per heavy atom. The molecule has 0 aromatic heterocycles. The van der Waals surface area contributed by atoms with Gasteiger partial charge in [-0.2, -0.15) is 0 Å². The topological polar surface area (TPSA) is 61.7 Å². The van der Waals surface area contributed by atoms with E-state index in [1.807, 2.05) is 0 Å². The van der Waals surface area contributed by atoms with Crippen molar-refractivity contribution in [1.29, 1.82) is 0 Å². The van der Waals surface area contributed by atoms with Crippen molar-refractivity contribution in [2.24, 2.45) is 0 Å². The molecule has 0 aliphatic carbocycles. The minimum atomic E-state index is -0.955. The lowest BCUT2D eigenvalue weighted by Crippen LogP contribution is -2.30. The van der Waals surface area contributed by atoms with E-state index in [2.05, 4.69) is 5.32 Å². The summed E-state index contributed by atoms with van der Waals surface area (Å²) < 4.78 is 4.98. The molecule has 2 unspecified atom stereocenters. The highest BCUT2D eigenvalue weighted by Gasteiger charge is 2.09. The molecule has 1 aromatic rings. The Labute approximate surface area is 83.1 Å². The van der Waals surface area contributed by atoms with Gasteiger partial charge >= 0.3 is 0 Å². The maximum absolute atomic E-state index is 9.31. The average Bonchev–Trinajstić information content (AvgIpc) is 2.19. The Balaban J connectivity index is 2.59. The molecular weight excluding hydrogens is 182 g/mol. The molecule has 14 heavy (non-hydrogen) atoms. The predicted molar refractivity (Wildman–Crippen MR) is 54.3 cm³/mol. The van der Waals surface area contributed by atoms with Crippen LogP contribution in [0.1, 0.15) is 6.92 Å². The Morgan fingerprint density at radius 1 is 1.21 bits per heavy atom. The molecule has 0 amide bonds. The van der Waals surface area contributed by atoms with Gasteiger partial charge in [-0.15, -0.1) is 0 Å². The van der Waals surface area contributed by atoms with E-state index >= 15 is 0 Å². The van der Waals surface area contributed by atoms with Crippen molar-refractivity contribution in [1.82, 2.24) is 0 Å². The van der Waals surface area contributed by atoms with Crippen LogP contribution in [-0.2, 0) is 0 Å². The summed E-state index contributed by atoms with van der Waals surface area (Å²) in [6.07, 6.45) is -1.76. The standard InChI is InChI=1S/C10H15NO3/c1-7(12)10(13)11-8-3-5-9(14-2)6-4-8/h3-7,10-13H,1-2H3. The van der Waals surface area contributed by atoms with E-state index in [0.717, 1.165) is 11.4 Å². The zero-order chi connectivity index (χ0) is 10.6. The highest BCUT2D eigenvalue weighted by atomic mass is 16.5. The van der Waals surface area contributed by atoms with E-state index in [0.29, 0.717) is 0 Å². The van der Waals surface area contributed by atoms with Crippen LogP contribution in [0.3, 0.4) is 0 Å². The first-order valence-electron chi connectivity index (χ1n) is 4.40. The van der Waals surface area contributed by atoms with Crippen LogP contribution in [0.4, 0.5) is 5.69 Å². The van der Waals surface area contributed by atoms with Gasteiger partial charge in [-0.25, -0.2) is 0 Å². The Morgan fingerprint density at radius 3 is 2.21 bits per heavy atom. The smallest absolute Gasteiger partial charge is 0.150 e. The molecule has 3 N–H and O–H groups in total. The van der Waals surface area contributed by atoms with Crippen LogP contribution in [-0.4, -0.2) is 29.7 Å². The highest BCUT2D eigenvalue weighted by Crippen LogP contribution is 2.15. The maximum atomic E-state index is 9.31. The van der Waals surface area contributed by atoms with E-state index in [9.17, 15) is 5.11 Å². The van der Waals surface area contributed by atoms with Crippen LogP contribution < -0.4 is 10.1 Å². The van der Waals surface area contributed by atoms with Crippen molar-refractivity contribution in [3.63, 3.8) is 0 Å². The fraction of sp³-hybridized carbons (Fsp3) is 0.400. The number of hydrogen-bond acceptors (Lipinski definition) is 4. The van der Waals surface area contributed by atoms with Gasteiger partial charge in [-0.1, -0.05) is 0 Å². The van der Waals surface area contributed by atoms with Gasteiger partial charge in [0.1, 0.15) is 12.0 Å². The average molecular weight is 197 g/mol. The third kappa shape index (κ3) is 2.90. The molecule has 0 fully saturated rings. The summed E-state index contributed by atoms with van der Waals surface area (Å²) >= 11 is 0. The summed E-state index contributed by atoms with van der Waals surface area (Å²) in [6.45, 7) is 1.52. The largest absolute Gasteiger partial charge is 0.497 e. The molecule has 0 aliphatic heterocycles. The fourth-order valence-corrected chi connectivity index (χ4v) is 0.979. The van der Waals surface area contributed by atoms with Crippen LogP contribution in [0.5, 0.6) is 5.75 Å². The van der Waals surface area contributed by atoms with Crippen LogP contribution in [0.15, 0.2) is 24.3 Å².